The lowest BCUT2D eigenvalue weighted by Crippen LogP contribution is -2.28. The van der Waals surface area contributed by atoms with Crippen LogP contribution in [0.1, 0.15) is 15.2 Å². The second-order valence-electron chi connectivity index (χ2n) is 3.82. The lowest BCUT2D eigenvalue weighted by molar-refractivity contribution is -0.114. The van der Waals surface area contributed by atoms with Crippen molar-refractivity contribution in [2.75, 3.05) is 4.90 Å². The molecule has 0 atom stereocenters. The number of aromatic nitrogens is 1. The third kappa shape index (κ3) is 1.69. The van der Waals surface area contributed by atoms with Crippen molar-refractivity contribution in [1.29, 1.82) is 0 Å². The summed E-state index contributed by atoms with van der Waals surface area (Å²) in [5, 5.41) is 0. The third-order valence-corrected chi connectivity index (χ3v) is 4.14. The number of Topliss-reactive ketones (excluding diaryl/α,β-unsaturated/α-hetero) is 1. The number of anilines is 1. The summed E-state index contributed by atoms with van der Waals surface area (Å²) in [4.78, 5) is 30.3. The number of fused-ring (bicyclic) bond motifs is 1. The highest BCUT2D eigenvalue weighted by Gasteiger charge is 2.37. The molecule has 0 spiro atoms. The first-order valence-electron chi connectivity index (χ1n) is 5.20. The molecule has 2 aromatic rings. The fourth-order valence-electron chi connectivity index (χ4n) is 1.94. The van der Waals surface area contributed by atoms with Crippen molar-refractivity contribution in [3.8, 4) is 0 Å². The molecule has 1 amide bonds. The van der Waals surface area contributed by atoms with Gasteiger partial charge in [0.05, 0.1) is 23.3 Å². The Morgan fingerprint density at radius 3 is 2.89 bits per heavy atom. The van der Waals surface area contributed by atoms with Crippen LogP contribution in [0.25, 0.3) is 0 Å². The Morgan fingerprint density at radius 2 is 2.17 bits per heavy atom. The van der Waals surface area contributed by atoms with Gasteiger partial charge in [0, 0.05) is 15.5 Å². The predicted octanol–water partition coefficient (Wildman–Crippen LogP) is 2.64. The van der Waals surface area contributed by atoms with Crippen LogP contribution in [0.2, 0.25) is 0 Å². The van der Waals surface area contributed by atoms with Crippen LogP contribution in [-0.2, 0) is 11.3 Å². The molecule has 0 radical (unpaired) electrons. The van der Waals surface area contributed by atoms with Crippen LogP contribution in [0, 0.1) is 0 Å². The van der Waals surface area contributed by atoms with E-state index in [0.29, 0.717) is 17.8 Å². The van der Waals surface area contributed by atoms with Gasteiger partial charge in [0.1, 0.15) is 0 Å². The number of nitrogens with zero attached hydrogens (tertiary/aromatic N) is 2. The Hall–Kier alpha value is -1.53. The fourth-order valence-corrected chi connectivity index (χ4v) is 3.10. The summed E-state index contributed by atoms with van der Waals surface area (Å²) in [6.07, 6.45) is 1.71. The molecule has 3 rings (SSSR count). The smallest absolute Gasteiger partial charge is 0.298 e. The molecule has 6 heteroatoms. The number of carbonyl (C=O) groups is 2. The van der Waals surface area contributed by atoms with Crippen molar-refractivity contribution in [1.82, 2.24) is 4.98 Å². The van der Waals surface area contributed by atoms with Gasteiger partial charge in [0.25, 0.3) is 11.7 Å². The van der Waals surface area contributed by atoms with Crippen LogP contribution in [-0.4, -0.2) is 16.7 Å². The number of halogens is 1. The minimum absolute atomic E-state index is 0.380. The zero-order valence-electron chi connectivity index (χ0n) is 9.09. The number of carbonyl (C=O) groups excluding carboxylic acids is 2. The molecule has 0 bridgehead atoms. The maximum absolute atomic E-state index is 12.0. The van der Waals surface area contributed by atoms with Gasteiger partial charge in [-0.15, -0.1) is 11.3 Å². The number of hydrogen-bond donors (Lipinski definition) is 0. The molecule has 1 aromatic carbocycles. The quantitative estimate of drug-likeness (QED) is 0.799. The molecule has 0 N–H and O–H groups in total. The number of hydrogen-bond acceptors (Lipinski definition) is 4. The van der Waals surface area contributed by atoms with E-state index in [2.05, 4.69) is 20.9 Å². The average molecular weight is 323 g/mol. The molecule has 1 aromatic heterocycles. The molecule has 0 saturated heterocycles. The summed E-state index contributed by atoms with van der Waals surface area (Å²) in [5.74, 6) is -0.930. The number of ketones is 1. The summed E-state index contributed by atoms with van der Waals surface area (Å²) in [7, 11) is 0. The summed E-state index contributed by atoms with van der Waals surface area (Å²) in [5.41, 5.74) is 2.82. The van der Waals surface area contributed by atoms with Crippen molar-refractivity contribution in [3.05, 3.63) is 44.8 Å². The van der Waals surface area contributed by atoms with E-state index in [1.165, 1.54) is 16.2 Å². The second kappa shape index (κ2) is 4.29. The molecule has 18 heavy (non-hydrogen) atoms. The lowest BCUT2D eigenvalue weighted by Gasteiger charge is -2.16. The number of rotatable bonds is 2. The van der Waals surface area contributed by atoms with Gasteiger partial charge in [0.15, 0.2) is 0 Å². The van der Waals surface area contributed by atoms with E-state index >= 15 is 0 Å². The standard InChI is InChI=1S/C12H7BrN2O2S/c13-9-3-1-2-8-10(9)15(12(17)11(8)16)5-7-4-14-6-18-7/h1-4,6H,5H2. The maximum Gasteiger partial charge on any atom is 0.299 e. The highest BCUT2D eigenvalue weighted by atomic mass is 79.9. The van der Waals surface area contributed by atoms with Crippen LogP contribution < -0.4 is 4.90 Å². The van der Waals surface area contributed by atoms with E-state index in [1.54, 1.807) is 23.8 Å². The van der Waals surface area contributed by atoms with E-state index < -0.39 is 11.7 Å². The molecule has 0 fully saturated rings. The van der Waals surface area contributed by atoms with E-state index in [4.69, 9.17) is 0 Å². The Morgan fingerprint density at radius 1 is 1.33 bits per heavy atom. The number of amides is 1. The van der Waals surface area contributed by atoms with Crippen LogP contribution in [0.4, 0.5) is 5.69 Å². The first-order chi connectivity index (χ1) is 8.68. The Labute approximate surface area is 115 Å². The SMILES string of the molecule is O=C1C(=O)N(Cc2cncs2)c2c(Br)cccc21. The summed E-state index contributed by atoms with van der Waals surface area (Å²) >= 11 is 4.85. The van der Waals surface area contributed by atoms with E-state index in [9.17, 15) is 9.59 Å². The Bertz CT molecular complexity index is 640. The molecule has 0 unspecified atom stereocenters. The number of para-hydroxylation sites is 1. The molecule has 0 aliphatic carbocycles. The second-order valence-corrected chi connectivity index (χ2v) is 5.65. The van der Waals surface area contributed by atoms with Gasteiger partial charge < -0.3 is 0 Å². The van der Waals surface area contributed by atoms with E-state index in [-0.39, 0.29) is 0 Å². The molecule has 1 aliphatic heterocycles. The van der Waals surface area contributed by atoms with Gasteiger partial charge in [-0.2, -0.15) is 0 Å². The van der Waals surface area contributed by atoms with Gasteiger partial charge in [-0.05, 0) is 28.1 Å². The van der Waals surface area contributed by atoms with Crippen molar-refractivity contribution in [2.24, 2.45) is 0 Å². The maximum atomic E-state index is 12.0. The minimum Gasteiger partial charge on any atom is -0.298 e. The normalized spacial score (nSPS) is 14.2. The molecular formula is C12H7BrN2O2S. The van der Waals surface area contributed by atoms with Crippen molar-refractivity contribution in [3.63, 3.8) is 0 Å². The van der Waals surface area contributed by atoms with Gasteiger partial charge in [-0.3, -0.25) is 19.5 Å². The Kier molecular flexibility index (Phi) is 2.76. The van der Waals surface area contributed by atoms with Gasteiger partial charge in [0.2, 0.25) is 0 Å². The van der Waals surface area contributed by atoms with Crippen LogP contribution >= 0.6 is 27.3 Å². The largest absolute Gasteiger partial charge is 0.299 e. The van der Waals surface area contributed by atoms with Crippen LogP contribution in [0.15, 0.2) is 34.4 Å². The van der Waals surface area contributed by atoms with Crippen LogP contribution in [0.3, 0.4) is 0 Å². The van der Waals surface area contributed by atoms with Gasteiger partial charge in [-0.25, -0.2) is 0 Å². The first kappa shape index (κ1) is 11.6. The molecule has 2 heterocycles. The fraction of sp³-hybridized carbons (Fsp3) is 0.0833. The summed E-state index contributed by atoms with van der Waals surface area (Å²) in [6.45, 7) is 0.380. The summed E-state index contributed by atoms with van der Waals surface area (Å²) < 4.78 is 0.753. The van der Waals surface area contributed by atoms with Crippen molar-refractivity contribution in [2.45, 2.75) is 6.54 Å². The Balaban J connectivity index is 2.07. The first-order valence-corrected chi connectivity index (χ1v) is 6.88. The van der Waals surface area contributed by atoms with E-state index in [1.807, 2.05) is 6.07 Å². The van der Waals surface area contributed by atoms with Gasteiger partial charge in [-0.1, -0.05) is 6.07 Å². The van der Waals surface area contributed by atoms with Gasteiger partial charge >= 0.3 is 0 Å². The number of thiazole rings is 1. The van der Waals surface area contributed by atoms with E-state index in [0.717, 1.165) is 9.35 Å². The molecule has 4 nitrogen and oxygen atoms in total. The topological polar surface area (TPSA) is 50.3 Å². The minimum atomic E-state index is -0.481. The zero-order chi connectivity index (χ0) is 12.7. The molecule has 90 valence electrons. The highest BCUT2D eigenvalue weighted by Crippen LogP contribution is 2.37. The lowest BCUT2D eigenvalue weighted by atomic mass is 10.1. The highest BCUT2D eigenvalue weighted by molar-refractivity contribution is 9.10. The third-order valence-electron chi connectivity index (χ3n) is 2.74. The summed E-state index contributed by atoms with van der Waals surface area (Å²) in [6, 6.07) is 5.25. The molecule has 1 aliphatic rings. The van der Waals surface area contributed by atoms with Crippen LogP contribution in [0.5, 0.6) is 0 Å². The number of benzene rings is 1. The van der Waals surface area contributed by atoms with Crippen molar-refractivity contribution < 1.29 is 9.59 Å². The average Bonchev–Trinajstić information content (AvgIpc) is 2.94. The molecular weight excluding hydrogens is 316 g/mol. The monoisotopic (exact) mass is 322 g/mol. The predicted molar refractivity (Wildman–Crippen MR) is 71.8 cm³/mol. The zero-order valence-corrected chi connectivity index (χ0v) is 11.5. The van der Waals surface area contributed by atoms with Crippen molar-refractivity contribution >= 4 is 44.6 Å². The molecule has 0 saturated carbocycles.